The Morgan fingerprint density at radius 1 is 1.22 bits per heavy atom. The second kappa shape index (κ2) is 5.85. The third-order valence-electron chi connectivity index (χ3n) is 4.10. The summed E-state index contributed by atoms with van der Waals surface area (Å²) in [5.41, 5.74) is 1.49. The molecule has 1 aliphatic rings. The summed E-state index contributed by atoms with van der Waals surface area (Å²) in [7, 11) is -3.36. The van der Waals surface area contributed by atoms with Crippen LogP contribution in [0.2, 0.25) is 0 Å². The maximum atomic E-state index is 12.8. The predicted octanol–water partition coefficient (Wildman–Crippen LogP) is 2.83. The zero-order valence-electron chi connectivity index (χ0n) is 13.2. The van der Waals surface area contributed by atoms with Crippen LogP contribution < -0.4 is 0 Å². The third-order valence-corrected chi connectivity index (χ3v) is 5.89. The van der Waals surface area contributed by atoms with Crippen molar-refractivity contribution >= 4 is 15.7 Å². The zero-order chi connectivity index (χ0) is 16.6. The number of sulfone groups is 1. The maximum Gasteiger partial charge on any atom is 0.290 e. The summed E-state index contributed by atoms with van der Waals surface area (Å²) in [5, 5.41) is 0. The minimum absolute atomic E-state index is 0.0759. The molecule has 0 spiro atoms. The number of amides is 1. The number of benzene rings is 1. The van der Waals surface area contributed by atoms with E-state index in [2.05, 4.69) is 0 Å². The molecule has 5 nitrogen and oxygen atoms in total. The van der Waals surface area contributed by atoms with Crippen LogP contribution in [-0.2, 0) is 16.4 Å². The lowest BCUT2D eigenvalue weighted by Gasteiger charge is -2.20. The van der Waals surface area contributed by atoms with Gasteiger partial charge in [0.05, 0.1) is 16.9 Å². The third kappa shape index (κ3) is 2.91. The molecular formula is C17H19NO4S. The van der Waals surface area contributed by atoms with Gasteiger partial charge in [-0.15, -0.1) is 0 Å². The second-order valence-electron chi connectivity index (χ2n) is 6.01. The van der Waals surface area contributed by atoms with Gasteiger partial charge in [-0.2, -0.15) is 0 Å². The Kier molecular flexibility index (Phi) is 4.02. The highest BCUT2D eigenvalue weighted by molar-refractivity contribution is 7.91. The van der Waals surface area contributed by atoms with Crippen molar-refractivity contribution in [3.05, 3.63) is 53.5 Å². The Balaban J connectivity index is 1.97. The van der Waals surface area contributed by atoms with Gasteiger partial charge in [0.2, 0.25) is 0 Å². The first kappa shape index (κ1) is 15.8. The van der Waals surface area contributed by atoms with Crippen molar-refractivity contribution in [2.24, 2.45) is 0 Å². The van der Waals surface area contributed by atoms with Crippen molar-refractivity contribution in [2.45, 2.75) is 31.2 Å². The van der Waals surface area contributed by atoms with Crippen molar-refractivity contribution in [3.8, 4) is 0 Å². The van der Waals surface area contributed by atoms with Gasteiger partial charge in [-0.1, -0.05) is 32.0 Å². The summed E-state index contributed by atoms with van der Waals surface area (Å²) in [6.45, 7) is 4.41. The zero-order valence-corrected chi connectivity index (χ0v) is 14.0. The van der Waals surface area contributed by atoms with Gasteiger partial charge in [0.25, 0.3) is 5.91 Å². The fourth-order valence-electron chi connectivity index (χ4n) is 2.83. The van der Waals surface area contributed by atoms with Gasteiger partial charge in [-0.25, -0.2) is 8.42 Å². The number of nitrogens with zero attached hydrogens (tertiary/aromatic N) is 1. The van der Waals surface area contributed by atoms with E-state index in [-0.39, 0.29) is 30.7 Å². The maximum absolute atomic E-state index is 12.8. The SMILES string of the molecule is CC(C)c1ccoc1C(=O)N1CCS(=O)(=O)c2ccccc2C1. The van der Waals surface area contributed by atoms with Gasteiger partial charge in [-0.05, 0) is 23.6 Å². The molecule has 1 aliphatic heterocycles. The number of hydrogen-bond donors (Lipinski definition) is 0. The monoisotopic (exact) mass is 333 g/mol. The van der Waals surface area contributed by atoms with E-state index in [4.69, 9.17) is 4.42 Å². The number of carbonyl (C=O) groups excluding carboxylic acids is 1. The van der Waals surface area contributed by atoms with E-state index in [9.17, 15) is 13.2 Å². The summed E-state index contributed by atoms with van der Waals surface area (Å²) in [5.74, 6) is 0.131. The van der Waals surface area contributed by atoms with Gasteiger partial charge >= 0.3 is 0 Å². The number of furan rings is 1. The summed E-state index contributed by atoms with van der Waals surface area (Å²) in [4.78, 5) is 14.7. The first-order valence-electron chi connectivity index (χ1n) is 7.57. The van der Waals surface area contributed by atoms with Crippen LogP contribution in [0.25, 0.3) is 0 Å². The van der Waals surface area contributed by atoms with E-state index in [1.54, 1.807) is 35.2 Å². The summed E-state index contributed by atoms with van der Waals surface area (Å²) in [6.07, 6.45) is 1.51. The molecule has 23 heavy (non-hydrogen) atoms. The molecule has 0 N–H and O–H groups in total. The number of carbonyl (C=O) groups is 1. The lowest BCUT2D eigenvalue weighted by molar-refractivity contribution is 0.0720. The van der Waals surface area contributed by atoms with Crippen LogP contribution >= 0.6 is 0 Å². The molecule has 122 valence electrons. The molecule has 1 amide bonds. The average molecular weight is 333 g/mol. The lowest BCUT2D eigenvalue weighted by atomic mass is 10.0. The largest absolute Gasteiger partial charge is 0.459 e. The standard InChI is InChI=1S/C17H19NO4S/c1-12(2)14-7-9-22-16(14)17(19)18-8-10-23(20,21)15-6-4-3-5-13(15)11-18/h3-7,9,12H,8,10-11H2,1-2H3. The Hall–Kier alpha value is -2.08. The smallest absolute Gasteiger partial charge is 0.290 e. The first-order valence-corrected chi connectivity index (χ1v) is 9.22. The van der Waals surface area contributed by atoms with E-state index in [0.29, 0.717) is 16.2 Å². The molecule has 0 aliphatic carbocycles. The molecular weight excluding hydrogens is 314 g/mol. The van der Waals surface area contributed by atoms with E-state index in [1.165, 1.54) is 6.26 Å². The number of fused-ring (bicyclic) bond motifs is 1. The van der Waals surface area contributed by atoms with E-state index in [0.717, 1.165) is 5.56 Å². The fraction of sp³-hybridized carbons (Fsp3) is 0.353. The molecule has 2 aromatic rings. The minimum atomic E-state index is -3.36. The Labute approximate surface area is 135 Å². The van der Waals surface area contributed by atoms with E-state index in [1.807, 2.05) is 13.8 Å². The highest BCUT2D eigenvalue weighted by Gasteiger charge is 2.30. The molecule has 2 heterocycles. The predicted molar refractivity (Wildman–Crippen MR) is 86.0 cm³/mol. The highest BCUT2D eigenvalue weighted by atomic mass is 32.2. The molecule has 6 heteroatoms. The molecule has 0 fully saturated rings. The van der Waals surface area contributed by atoms with Gasteiger partial charge in [-0.3, -0.25) is 4.79 Å². The fourth-order valence-corrected chi connectivity index (χ4v) is 4.33. The Morgan fingerprint density at radius 3 is 2.70 bits per heavy atom. The highest BCUT2D eigenvalue weighted by Crippen LogP contribution is 2.26. The van der Waals surface area contributed by atoms with Gasteiger partial charge in [0.15, 0.2) is 15.6 Å². The van der Waals surface area contributed by atoms with Crippen LogP contribution in [-0.4, -0.2) is 31.5 Å². The van der Waals surface area contributed by atoms with E-state index < -0.39 is 9.84 Å². The van der Waals surface area contributed by atoms with Gasteiger partial charge in [0.1, 0.15) is 0 Å². The molecule has 1 aromatic carbocycles. The molecule has 0 atom stereocenters. The molecule has 0 unspecified atom stereocenters. The molecule has 0 saturated heterocycles. The van der Waals surface area contributed by atoms with Crippen LogP contribution in [0.4, 0.5) is 0 Å². The van der Waals surface area contributed by atoms with Crippen LogP contribution in [0.15, 0.2) is 45.9 Å². The topological polar surface area (TPSA) is 67.6 Å². The van der Waals surface area contributed by atoms with Gasteiger partial charge in [0, 0.05) is 18.7 Å². The molecule has 3 rings (SSSR count). The normalized spacial score (nSPS) is 16.9. The van der Waals surface area contributed by atoms with Crippen molar-refractivity contribution in [1.82, 2.24) is 4.90 Å². The van der Waals surface area contributed by atoms with Crippen molar-refractivity contribution < 1.29 is 17.6 Å². The second-order valence-corrected chi connectivity index (χ2v) is 8.09. The van der Waals surface area contributed by atoms with Crippen molar-refractivity contribution in [2.75, 3.05) is 12.3 Å². The van der Waals surface area contributed by atoms with Crippen LogP contribution in [0, 0.1) is 0 Å². The number of hydrogen-bond acceptors (Lipinski definition) is 4. The molecule has 0 saturated carbocycles. The Morgan fingerprint density at radius 2 is 1.96 bits per heavy atom. The van der Waals surface area contributed by atoms with Crippen LogP contribution in [0.5, 0.6) is 0 Å². The summed E-state index contributed by atoms with van der Waals surface area (Å²) in [6, 6.07) is 8.64. The van der Waals surface area contributed by atoms with Crippen LogP contribution in [0.1, 0.15) is 41.4 Å². The van der Waals surface area contributed by atoms with Crippen LogP contribution in [0.3, 0.4) is 0 Å². The minimum Gasteiger partial charge on any atom is -0.459 e. The molecule has 0 bridgehead atoms. The first-order chi connectivity index (χ1) is 10.9. The lowest BCUT2D eigenvalue weighted by Crippen LogP contribution is -2.33. The Bertz CT molecular complexity index is 836. The van der Waals surface area contributed by atoms with Gasteiger partial charge < -0.3 is 9.32 Å². The summed E-state index contributed by atoms with van der Waals surface area (Å²) >= 11 is 0. The van der Waals surface area contributed by atoms with E-state index >= 15 is 0 Å². The quantitative estimate of drug-likeness (QED) is 0.847. The van der Waals surface area contributed by atoms with Crippen molar-refractivity contribution in [3.63, 3.8) is 0 Å². The summed E-state index contributed by atoms with van der Waals surface area (Å²) < 4.78 is 30.1. The molecule has 1 aromatic heterocycles. The molecule has 0 radical (unpaired) electrons. The average Bonchev–Trinajstić information content (AvgIpc) is 2.96. The number of rotatable bonds is 2. The van der Waals surface area contributed by atoms with Crippen molar-refractivity contribution in [1.29, 1.82) is 0 Å².